The van der Waals surface area contributed by atoms with Gasteiger partial charge in [-0.1, -0.05) is 23.2 Å². The predicted octanol–water partition coefficient (Wildman–Crippen LogP) is 4.56. The van der Waals surface area contributed by atoms with Gasteiger partial charge in [-0.15, -0.1) is 0 Å². The molecule has 0 saturated heterocycles. The molecule has 3 aromatic rings. The molecule has 0 N–H and O–H groups in total. The normalized spacial score (nSPS) is 10.7. The zero-order valence-corrected chi connectivity index (χ0v) is 13.4. The highest BCUT2D eigenvalue weighted by Crippen LogP contribution is 2.27. The second-order valence-electron chi connectivity index (χ2n) is 4.73. The number of benzene rings is 2. The molecule has 23 heavy (non-hydrogen) atoms. The SMILES string of the molecule is O=c1ccc2ccc(OCCOc3ccc(Cl)cc3Cl)cc2o1. The molecular formula is C17H12Cl2O4. The molecule has 0 aliphatic rings. The van der Waals surface area contributed by atoms with E-state index in [-0.39, 0.29) is 0 Å². The first-order chi connectivity index (χ1) is 11.1. The highest BCUT2D eigenvalue weighted by Gasteiger charge is 2.03. The molecule has 1 heterocycles. The first-order valence-corrected chi connectivity index (χ1v) is 7.62. The highest BCUT2D eigenvalue weighted by molar-refractivity contribution is 6.35. The van der Waals surface area contributed by atoms with Crippen LogP contribution < -0.4 is 15.1 Å². The van der Waals surface area contributed by atoms with Crippen LogP contribution in [0.4, 0.5) is 0 Å². The standard InChI is InChI=1S/C17H12Cl2O4/c18-12-3-5-15(14(19)9-12)22-8-7-21-13-4-1-11-2-6-17(20)23-16(11)10-13/h1-6,9-10H,7-8H2. The summed E-state index contributed by atoms with van der Waals surface area (Å²) < 4.78 is 16.2. The van der Waals surface area contributed by atoms with Crippen molar-refractivity contribution >= 4 is 34.2 Å². The van der Waals surface area contributed by atoms with Gasteiger partial charge in [0.15, 0.2) is 0 Å². The number of hydrogen-bond donors (Lipinski definition) is 0. The van der Waals surface area contributed by atoms with Gasteiger partial charge in [0.25, 0.3) is 0 Å². The second-order valence-corrected chi connectivity index (χ2v) is 5.57. The zero-order valence-electron chi connectivity index (χ0n) is 11.9. The van der Waals surface area contributed by atoms with Gasteiger partial charge in [0, 0.05) is 22.5 Å². The van der Waals surface area contributed by atoms with Crippen LogP contribution in [0, 0.1) is 0 Å². The first-order valence-electron chi connectivity index (χ1n) is 6.86. The summed E-state index contributed by atoms with van der Waals surface area (Å²) in [6, 6.07) is 13.4. The molecule has 0 spiro atoms. The van der Waals surface area contributed by atoms with Crippen LogP contribution in [0.1, 0.15) is 0 Å². The number of rotatable bonds is 5. The summed E-state index contributed by atoms with van der Waals surface area (Å²) in [5.41, 5.74) is 0.0898. The fraction of sp³-hybridized carbons (Fsp3) is 0.118. The van der Waals surface area contributed by atoms with E-state index in [1.54, 1.807) is 36.4 Å². The summed E-state index contributed by atoms with van der Waals surface area (Å²) in [7, 11) is 0. The summed E-state index contributed by atoms with van der Waals surface area (Å²) in [6.45, 7) is 0.639. The van der Waals surface area contributed by atoms with Crippen molar-refractivity contribution in [2.24, 2.45) is 0 Å². The Morgan fingerprint density at radius 1 is 0.913 bits per heavy atom. The lowest BCUT2D eigenvalue weighted by Gasteiger charge is -2.10. The Morgan fingerprint density at radius 3 is 2.52 bits per heavy atom. The van der Waals surface area contributed by atoms with Gasteiger partial charge >= 0.3 is 5.63 Å². The monoisotopic (exact) mass is 350 g/mol. The van der Waals surface area contributed by atoms with E-state index in [0.29, 0.717) is 40.3 Å². The van der Waals surface area contributed by atoms with Crippen molar-refractivity contribution in [3.63, 3.8) is 0 Å². The molecule has 0 fully saturated rings. The van der Waals surface area contributed by atoms with Crippen molar-refractivity contribution in [2.75, 3.05) is 13.2 Å². The van der Waals surface area contributed by atoms with Crippen LogP contribution in [0.2, 0.25) is 10.0 Å². The van der Waals surface area contributed by atoms with E-state index in [9.17, 15) is 4.79 Å². The lowest BCUT2D eigenvalue weighted by atomic mass is 10.2. The molecule has 3 rings (SSSR count). The maximum Gasteiger partial charge on any atom is 0.336 e. The fourth-order valence-electron chi connectivity index (χ4n) is 2.03. The fourth-order valence-corrected chi connectivity index (χ4v) is 2.50. The van der Waals surface area contributed by atoms with Crippen molar-refractivity contribution in [1.29, 1.82) is 0 Å². The van der Waals surface area contributed by atoms with Gasteiger partial charge in [-0.05, 0) is 36.4 Å². The van der Waals surface area contributed by atoms with Crippen LogP contribution in [0.3, 0.4) is 0 Å². The Hall–Kier alpha value is -2.17. The molecule has 4 nitrogen and oxygen atoms in total. The minimum Gasteiger partial charge on any atom is -0.490 e. The molecule has 0 saturated carbocycles. The molecule has 0 unspecified atom stereocenters. The van der Waals surface area contributed by atoms with Crippen molar-refractivity contribution < 1.29 is 13.9 Å². The van der Waals surface area contributed by atoms with Gasteiger partial charge < -0.3 is 13.9 Å². The van der Waals surface area contributed by atoms with Gasteiger partial charge in [0.1, 0.15) is 30.3 Å². The predicted molar refractivity (Wildman–Crippen MR) is 89.9 cm³/mol. The van der Waals surface area contributed by atoms with Crippen molar-refractivity contribution in [3.05, 3.63) is 69.0 Å². The van der Waals surface area contributed by atoms with E-state index < -0.39 is 5.63 Å². The van der Waals surface area contributed by atoms with Crippen LogP contribution in [-0.4, -0.2) is 13.2 Å². The van der Waals surface area contributed by atoms with E-state index in [2.05, 4.69) is 0 Å². The quantitative estimate of drug-likeness (QED) is 0.500. The topological polar surface area (TPSA) is 48.7 Å². The summed E-state index contributed by atoms with van der Waals surface area (Å²) >= 11 is 11.8. The molecule has 0 aliphatic carbocycles. The average molecular weight is 351 g/mol. The maximum absolute atomic E-state index is 11.2. The molecule has 0 radical (unpaired) electrons. The average Bonchev–Trinajstić information content (AvgIpc) is 2.52. The number of ether oxygens (including phenoxy) is 2. The minimum absolute atomic E-state index is 0.318. The molecular weight excluding hydrogens is 339 g/mol. The zero-order chi connectivity index (χ0) is 16.2. The molecule has 6 heteroatoms. The van der Waals surface area contributed by atoms with Crippen molar-refractivity contribution in [3.8, 4) is 11.5 Å². The van der Waals surface area contributed by atoms with Crippen LogP contribution in [-0.2, 0) is 0 Å². The largest absolute Gasteiger partial charge is 0.490 e. The van der Waals surface area contributed by atoms with E-state index in [1.807, 2.05) is 6.07 Å². The molecule has 0 amide bonds. The van der Waals surface area contributed by atoms with Crippen LogP contribution in [0.5, 0.6) is 11.5 Å². The van der Waals surface area contributed by atoms with E-state index in [0.717, 1.165) is 5.39 Å². The molecule has 0 aliphatic heterocycles. The van der Waals surface area contributed by atoms with Crippen LogP contribution in [0.25, 0.3) is 11.0 Å². The molecule has 0 atom stereocenters. The van der Waals surface area contributed by atoms with Gasteiger partial charge in [-0.25, -0.2) is 4.79 Å². The van der Waals surface area contributed by atoms with Crippen molar-refractivity contribution in [1.82, 2.24) is 0 Å². The van der Waals surface area contributed by atoms with E-state index in [4.69, 9.17) is 37.1 Å². The summed E-state index contributed by atoms with van der Waals surface area (Å²) in [4.78, 5) is 11.2. The Kier molecular flexibility index (Phi) is 4.74. The third-order valence-corrected chi connectivity index (χ3v) is 3.63. The van der Waals surface area contributed by atoms with Gasteiger partial charge in [0.2, 0.25) is 0 Å². The number of halogens is 2. The number of fused-ring (bicyclic) bond motifs is 1. The summed E-state index contributed by atoms with van der Waals surface area (Å²) in [6.07, 6.45) is 0. The number of hydrogen-bond acceptors (Lipinski definition) is 4. The summed E-state index contributed by atoms with van der Waals surface area (Å²) in [5, 5.41) is 1.84. The molecule has 1 aromatic heterocycles. The minimum atomic E-state index is -0.393. The van der Waals surface area contributed by atoms with Gasteiger partial charge in [-0.3, -0.25) is 0 Å². The first kappa shape index (κ1) is 15.7. The Balaban J connectivity index is 1.59. The lowest BCUT2D eigenvalue weighted by Crippen LogP contribution is -2.09. The lowest BCUT2D eigenvalue weighted by molar-refractivity contribution is 0.217. The van der Waals surface area contributed by atoms with E-state index >= 15 is 0 Å². The second kappa shape index (κ2) is 6.94. The van der Waals surface area contributed by atoms with Gasteiger partial charge in [0.05, 0.1) is 5.02 Å². The Labute approximate surface area is 142 Å². The Bertz CT molecular complexity index is 889. The smallest absolute Gasteiger partial charge is 0.336 e. The third-order valence-electron chi connectivity index (χ3n) is 3.10. The third kappa shape index (κ3) is 3.97. The summed E-state index contributed by atoms with van der Waals surface area (Å²) in [5.74, 6) is 1.14. The molecule has 2 aromatic carbocycles. The van der Waals surface area contributed by atoms with Crippen LogP contribution >= 0.6 is 23.2 Å². The van der Waals surface area contributed by atoms with Crippen LogP contribution in [0.15, 0.2) is 57.7 Å². The molecule has 0 bridgehead atoms. The van der Waals surface area contributed by atoms with E-state index in [1.165, 1.54) is 6.07 Å². The Morgan fingerprint density at radius 2 is 1.70 bits per heavy atom. The van der Waals surface area contributed by atoms with Gasteiger partial charge in [-0.2, -0.15) is 0 Å². The highest BCUT2D eigenvalue weighted by atomic mass is 35.5. The van der Waals surface area contributed by atoms with Crippen molar-refractivity contribution in [2.45, 2.75) is 0 Å². The maximum atomic E-state index is 11.2. The molecule has 118 valence electrons.